The molecule has 0 aromatic heterocycles. The zero-order valence-electron chi connectivity index (χ0n) is 16.8. The first kappa shape index (κ1) is 19.5. The lowest BCUT2D eigenvalue weighted by Gasteiger charge is -2.41. The molecular formula is C24H31NO2. The van der Waals surface area contributed by atoms with E-state index in [1.807, 2.05) is 19.1 Å². The van der Waals surface area contributed by atoms with Crippen LogP contribution in [0.2, 0.25) is 0 Å². The molecule has 0 amide bonds. The van der Waals surface area contributed by atoms with Crippen molar-refractivity contribution < 1.29 is 9.53 Å². The van der Waals surface area contributed by atoms with Gasteiger partial charge in [0.25, 0.3) is 0 Å². The number of Topliss-reactive ketones (excluding diaryl/α,β-unsaturated/α-hetero) is 1. The van der Waals surface area contributed by atoms with Gasteiger partial charge in [0.2, 0.25) is 0 Å². The number of hydrogen-bond donors (Lipinski definition) is 0. The van der Waals surface area contributed by atoms with Gasteiger partial charge in [-0.15, -0.1) is 0 Å². The van der Waals surface area contributed by atoms with Gasteiger partial charge in [-0.05, 0) is 68.0 Å². The number of aryl methyl sites for hydroxylation is 1. The number of ether oxygens (including phenoxy) is 1. The predicted molar refractivity (Wildman–Crippen MR) is 112 cm³/mol. The van der Waals surface area contributed by atoms with Crippen molar-refractivity contribution in [3.63, 3.8) is 0 Å². The summed E-state index contributed by atoms with van der Waals surface area (Å²) < 4.78 is 5.51. The fourth-order valence-corrected chi connectivity index (χ4v) is 3.78. The van der Waals surface area contributed by atoms with Gasteiger partial charge in [0.05, 0.1) is 6.61 Å². The minimum atomic E-state index is 0.292. The monoisotopic (exact) mass is 365 g/mol. The molecule has 0 spiro atoms. The normalized spacial score (nSPS) is 15.3. The van der Waals surface area contributed by atoms with Crippen LogP contribution < -0.4 is 9.64 Å². The molecule has 1 aliphatic rings. The van der Waals surface area contributed by atoms with Crippen molar-refractivity contribution in [1.82, 2.24) is 0 Å². The van der Waals surface area contributed by atoms with E-state index in [4.69, 9.17) is 4.74 Å². The number of nitrogens with zero attached hydrogens (tertiary/aromatic N) is 1. The van der Waals surface area contributed by atoms with E-state index in [1.165, 1.54) is 16.8 Å². The van der Waals surface area contributed by atoms with Gasteiger partial charge in [0.15, 0.2) is 0 Å². The van der Waals surface area contributed by atoms with E-state index in [-0.39, 0.29) is 0 Å². The van der Waals surface area contributed by atoms with Crippen LogP contribution in [0.3, 0.4) is 0 Å². The summed E-state index contributed by atoms with van der Waals surface area (Å²) in [6.45, 7) is 8.70. The molecule has 0 N–H and O–H groups in total. The third-order valence-corrected chi connectivity index (χ3v) is 5.41. The van der Waals surface area contributed by atoms with Gasteiger partial charge in [-0.3, -0.25) is 0 Å². The number of carbonyl (C=O) groups excluding carboxylic acids is 1. The average Bonchev–Trinajstić information content (AvgIpc) is 2.61. The number of benzene rings is 2. The van der Waals surface area contributed by atoms with E-state index in [1.54, 1.807) is 6.92 Å². The summed E-state index contributed by atoms with van der Waals surface area (Å²) >= 11 is 0. The lowest BCUT2D eigenvalue weighted by Crippen LogP contribution is -2.45. The number of ketones is 1. The Morgan fingerprint density at radius 1 is 1.11 bits per heavy atom. The number of anilines is 1. The smallest absolute Gasteiger partial charge is 0.130 e. The molecule has 1 fully saturated rings. The maximum atomic E-state index is 11.2. The van der Waals surface area contributed by atoms with Gasteiger partial charge < -0.3 is 14.4 Å². The quantitative estimate of drug-likeness (QED) is 0.609. The standard InChI is InChI=1S/C24H31NO2/c1-4-27-24-13-11-23(12-14-24)25-16-22(17-25)21-9-7-20(8-10-21)6-5-18(2)15-19(3)26/h7-14,18,22H,4-6,15-17H2,1-3H3. The molecule has 3 heteroatoms. The number of rotatable bonds is 9. The lowest BCUT2D eigenvalue weighted by atomic mass is 9.89. The average molecular weight is 366 g/mol. The van der Waals surface area contributed by atoms with Crippen LogP contribution in [-0.4, -0.2) is 25.5 Å². The van der Waals surface area contributed by atoms with E-state index in [2.05, 4.69) is 48.2 Å². The summed E-state index contributed by atoms with van der Waals surface area (Å²) in [5, 5.41) is 0. The molecule has 1 aliphatic heterocycles. The Hall–Kier alpha value is -2.29. The largest absolute Gasteiger partial charge is 0.494 e. The Morgan fingerprint density at radius 3 is 2.37 bits per heavy atom. The highest BCUT2D eigenvalue weighted by Crippen LogP contribution is 2.32. The van der Waals surface area contributed by atoms with E-state index < -0.39 is 0 Å². The number of hydrogen-bond acceptors (Lipinski definition) is 3. The molecule has 0 aliphatic carbocycles. The van der Waals surface area contributed by atoms with Crippen LogP contribution in [0.15, 0.2) is 48.5 Å². The van der Waals surface area contributed by atoms with Crippen molar-refractivity contribution >= 4 is 11.5 Å². The zero-order valence-corrected chi connectivity index (χ0v) is 16.8. The van der Waals surface area contributed by atoms with Gasteiger partial charge in [0, 0.05) is 31.1 Å². The van der Waals surface area contributed by atoms with Gasteiger partial charge in [0.1, 0.15) is 11.5 Å². The van der Waals surface area contributed by atoms with Crippen LogP contribution >= 0.6 is 0 Å². The molecule has 1 atom stereocenters. The zero-order chi connectivity index (χ0) is 19.2. The molecule has 1 heterocycles. The van der Waals surface area contributed by atoms with Crippen molar-refractivity contribution in [1.29, 1.82) is 0 Å². The van der Waals surface area contributed by atoms with Crippen LogP contribution in [0.1, 0.15) is 50.7 Å². The lowest BCUT2D eigenvalue weighted by molar-refractivity contribution is -0.117. The minimum absolute atomic E-state index is 0.292. The molecule has 2 aromatic rings. The van der Waals surface area contributed by atoms with Crippen molar-refractivity contribution in [2.24, 2.45) is 5.92 Å². The Morgan fingerprint density at radius 2 is 1.78 bits per heavy atom. The molecule has 27 heavy (non-hydrogen) atoms. The van der Waals surface area contributed by atoms with Gasteiger partial charge in [-0.25, -0.2) is 0 Å². The topological polar surface area (TPSA) is 29.5 Å². The maximum absolute atomic E-state index is 11.2. The Bertz CT molecular complexity index is 730. The molecule has 0 bridgehead atoms. The van der Waals surface area contributed by atoms with Crippen molar-refractivity contribution in [3.8, 4) is 5.75 Å². The van der Waals surface area contributed by atoms with E-state index in [0.29, 0.717) is 30.6 Å². The second-order valence-corrected chi connectivity index (χ2v) is 7.82. The van der Waals surface area contributed by atoms with Crippen molar-refractivity contribution in [2.45, 2.75) is 46.0 Å². The molecule has 2 aromatic carbocycles. The van der Waals surface area contributed by atoms with Crippen molar-refractivity contribution in [3.05, 3.63) is 59.7 Å². The first-order valence-electron chi connectivity index (χ1n) is 10.1. The summed E-state index contributed by atoms with van der Waals surface area (Å²) in [6.07, 6.45) is 2.83. The van der Waals surface area contributed by atoms with Crippen molar-refractivity contribution in [2.75, 3.05) is 24.6 Å². The van der Waals surface area contributed by atoms with Gasteiger partial charge in [-0.1, -0.05) is 31.2 Å². The molecule has 3 rings (SSSR count). The highest BCUT2D eigenvalue weighted by atomic mass is 16.5. The minimum Gasteiger partial charge on any atom is -0.494 e. The Balaban J connectivity index is 1.47. The summed E-state index contributed by atoms with van der Waals surface area (Å²) in [7, 11) is 0. The van der Waals surface area contributed by atoms with E-state index >= 15 is 0 Å². The third kappa shape index (κ3) is 5.35. The Labute approximate surface area is 163 Å². The highest BCUT2D eigenvalue weighted by molar-refractivity contribution is 5.75. The van der Waals surface area contributed by atoms with E-state index in [0.717, 1.165) is 31.7 Å². The summed E-state index contributed by atoms with van der Waals surface area (Å²) in [5.41, 5.74) is 4.07. The number of carbonyl (C=O) groups is 1. The Kier molecular flexibility index (Phi) is 6.54. The molecule has 1 saturated heterocycles. The van der Waals surface area contributed by atoms with Crippen LogP contribution in [0.4, 0.5) is 5.69 Å². The fraction of sp³-hybridized carbons (Fsp3) is 0.458. The molecule has 0 radical (unpaired) electrons. The first-order chi connectivity index (χ1) is 13.0. The predicted octanol–water partition coefficient (Wildman–Crippen LogP) is 5.24. The summed E-state index contributed by atoms with van der Waals surface area (Å²) in [4.78, 5) is 13.6. The van der Waals surface area contributed by atoms with E-state index in [9.17, 15) is 4.79 Å². The summed E-state index contributed by atoms with van der Waals surface area (Å²) in [6, 6.07) is 17.5. The van der Waals surface area contributed by atoms with Gasteiger partial charge >= 0.3 is 0 Å². The molecular weight excluding hydrogens is 334 g/mol. The SMILES string of the molecule is CCOc1ccc(N2CC(c3ccc(CCC(C)CC(C)=O)cc3)C2)cc1. The molecule has 1 unspecified atom stereocenters. The fourth-order valence-electron chi connectivity index (χ4n) is 3.78. The van der Waals surface area contributed by atoms with Crippen LogP contribution in [0.5, 0.6) is 5.75 Å². The van der Waals surface area contributed by atoms with Gasteiger partial charge in [-0.2, -0.15) is 0 Å². The van der Waals surface area contributed by atoms with Crippen LogP contribution in [0, 0.1) is 5.92 Å². The second-order valence-electron chi connectivity index (χ2n) is 7.82. The summed E-state index contributed by atoms with van der Waals surface area (Å²) in [5.74, 6) is 2.31. The highest BCUT2D eigenvalue weighted by Gasteiger charge is 2.28. The van der Waals surface area contributed by atoms with Crippen LogP contribution in [-0.2, 0) is 11.2 Å². The third-order valence-electron chi connectivity index (χ3n) is 5.41. The second kappa shape index (κ2) is 9.07. The molecule has 0 saturated carbocycles. The van der Waals surface area contributed by atoms with Crippen LogP contribution in [0.25, 0.3) is 0 Å². The first-order valence-corrected chi connectivity index (χ1v) is 10.1. The molecule has 3 nitrogen and oxygen atoms in total. The maximum Gasteiger partial charge on any atom is 0.130 e. The molecule has 144 valence electrons.